The number of benzene rings is 2. The van der Waals surface area contributed by atoms with Crippen LogP contribution in [0.2, 0.25) is 0 Å². The van der Waals surface area contributed by atoms with Gasteiger partial charge in [0, 0.05) is 5.92 Å². The molecule has 0 saturated heterocycles. The first-order valence-electron chi connectivity index (χ1n) is 6.10. The molecule has 18 heavy (non-hydrogen) atoms. The van der Waals surface area contributed by atoms with Gasteiger partial charge in [0.25, 0.3) is 0 Å². The van der Waals surface area contributed by atoms with Crippen LogP contribution >= 0.6 is 0 Å². The molecule has 0 fully saturated rings. The molecular weight excluding hydrogens is 220 g/mol. The predicted molar refractivity (Wildman–Crippen MR) is 76.9 cm³/mol. The maximum Gasteiger partial charge on any atom is 0.118 e. The Labute approximate surface area is 109 Å². The minimum atomic E-state index is 0.304. The van der Waals surface area contributed by atoms with Gasteiger partial charge in [-0.2, -0.15) is 0 Å². The van der Waals surface area contributed by atoms with Crippen LogP contribution in [0, 0.1) is 0 Å². The fraction of sp³-hybridized carbons (Fsp3) is 0.176. The maximum absolute atomic E-state index is 5.17. The van der Waals surface area contributed by atoms with Gasteiger partial charge in [-0.25, -0.2) is 0 Å². The summed E-state index contributed by atoms with van der Waals surface area (Å²) in [5, 5.41) is 0. The summed E-state index contributed by atoms with van der Waals surface area (Å²) in [6.45, 7) is 6.39. The van der Waals surface area contributed by atoms with E-state index in [-0.39, 0.29) is 0 Å². The van der Waals surface area contributed by atoms with Crippen molar-refractivity contribution in [1.82, 2.24) is 0 Å². The number of hydrogen-bond donors (Lipinski definition) is 0. The molecule has 2 aromatic rings. The molecule has 0 saturated carbocycles. The number of methoxy groups -OCH3 is 1. The van der Waals surface area contributed by atoms with E-state index in [4.69, 9.17) is 4.74 Å². The van der Waals surface area contributed by atoms with Crippen LogP contribution in [0.5, 0.6) is 5.75 Å². The van der Waals surface area contributed by atoms with Crippen LogP contribution in [0.1, 0.15) is 24.0 Å². The van der Waals surface area contributed by atoms with Gasteiger partial charge in [0.15, 0.2) is 0 Å². The summed E-state index contributed by atoms with van der Waals surface area (Å²) in [7, 11) is 1.68. The molecule has 1 atom stereocenters. The zero-order valence-electron chi connectivity index (χ0n) is 10.9. The van der Waals surface area contributed by atoms with Gasteiger partial charge in [-0.05, 0) is 28.8 Å². The SMILES string of the molecule is C=C(c1ccccc1)C(C)c1ccc(OC)cc1. The summed E-state index contributed by atoms with van der Waals surface area (Å²) in [5.74, 6) is 1.19. The van der Waals surface area contributed by atoms with Gasteiger partial charge in [-0.1, -0.05) is 56.0 Å². The molecule has 0 bridgehead atoms. The standard InChI is InChI=1S/C17H18O/c1-13(15-7-5-4-6-8-15)14(2)16-9-11-17(18-3)12-10-16/h4-12,14H,1H2,2-3H3. The van der Waals surface area contributed by atoms with Crippen LogP contribution < -0.4 is 4.74 Å². The average Bonchev–Trinajstić information content (AvgIpc) is 2.47. The molecule has 1 unspecified atom stereocenters. The Bertz CT molecular complexity index is 511. The van der Waals surface area contributed by atoms with E-state index in [1.807, 2.05) is 30.3 Å². The summed E-state index contributed by atoms with van der Waals surface area (Å²) in [4.78, 5) is 0. The molecule has 92 valence electrons. The van der Waals surface area contributed by atoms with Gasteiger partial charge in [-0.15, -0.1) is 0 Å². The molecule has 1 heteroatoms. The third-order valence-electron chi connectivity index (χ3n) is 3.28. The minimum absolute atomic E-state index is 0.304. The molecule has 0 aliphatic rings. The molecule has 0 N–H and O–H groups in total. The summed E-state index contributed by atoms with van der Waals surface area (Å²) in [6.07, 6.45) is 0. The lowest BCUT2D eigenvalue weighted by Crippen LogP contribution is -1.96. The second-order valence-corrected chi connectivity index (χ2v) is 4.39. The Kier molecular flexibility index (Phi) is 3.83. The Morgan fingerprint density at radius 3 is 2.17 bits per heavy atom. The third-order valence-corrected chi connectivity index (χ3v) is 3.28. The highest BCUT2D eigenvalue weighted by Gasteiger charge is 2.10. The van der Waals surface area contributed by atoms with Crippen LogP contribution in [0.15, 0.2) is 61.2 Å². The molecule has 0 aliphatic carbocycles. The van der Waals surface area contributed by atoms with Crippen molar-refractivity contribution >= 4 is 5.57 Å². The van der Waals surface area contributed by atoms with Crippen LogP contribution in [0.3, 0.4) is 0 Å². The predicted octanol–water partition coefficient (Wildman–Crippen LogP) is 4.51. The first-order valence-corrected chi connectivity index (χ1v) is 6.10. The van der Waals surface area contributed by atoms with Crippen molar-refractivity contribution in [2.75, 3.05) is 7.11 Å². The van der Waals surface area contributed by atoms with E-state index in [0.717, 1.165) is 11.3 Å². The monoisotopic (exact) mass is 238 g/mol. The zero-order valence-corrected chi connectivity index (χ0v) is 10.9. The molecule has 1 nitrogen and oxygen atoms in total. The van der Waals surface area contributed by atoms with Crippen LogP contribution in [-0.4, -0.2) is 7.11 Å². The number of hydrogen-bond acceptors (Lipinski definition) is 1. The highest BCUT2D eigenvalue weighted by atomic mass is 16.5. The van der Waals surface area contributed by atoms with Crippen molar-refractivity contribution in [3.63, 3.8) is 0 Å². The van der Waals surface area contributed by atoms with Crippen molar-refractivity contribution in [2.24, 2.45) is 0 Å². The van der Waals surface area contributed by atoms with Gasteiger partial charge in [0.05, 0.1) is 7.11 Å². The first kappa shape index (κ1) is 12.4. The van der Waals surface area contributed by atoms with E-state index in [1.54, 1.807) is 7.11 Å². The Morgan fingerprint density at radius 2 is 1.61 bits per heavy atom. The normalized spacial score (nSPS) is 11.9. The molecule has 0 radical (unpaired) electrons. The quantitative estimate of drug-likeness (QED) is 0.761. The van der Waals surface area contributed by atoms with Crippen molar-refractivity contribution in [1.29, 1.82) is 0 Å². The first-order chi connectivity index (χ1) is 8.72. The van der Waals surface area contributed by atoms with E-state index in [0.29, 0.717) is 5.92 Å². The van der Waals surface area contributed by atoms with Crippen LogP contribution in [0.4, 0.5) is 0 Å². The Hall–Kier alpha value is -2.02. The number of allylic oxidation sites excluding steroid dienone is 1. The lowest BCUT2D eigenvalue weighted by atomic mass is 9.89. The van der Waals surface area contributed by atoms with Gasteiger partial charge >= 0.3 is 0 Å². The third kappa shape index (κ3) is 2.62. The van der Waals surface area contributed by atoms with E-state index in [9.17, 15) is 0 Å². The van der Waals surface area contributed by atoms with E-state index in [1.165, 1.54) is 11.1 Å². The second kappa shape index (κ2) is 5.54. The molecule has 2 aromatic carbocycles. The topological polar surface area (TPSA) is 9.23 Å². The maximum atomic E-state index is 5.17. The van der Waals surface area contributed by atoms with Gasteiger partial charge in [0.2, 0.25) is 0 Å². The largest absolute Gasteiger partial charge is 0.497 e. The summed E-state index contributed by atoms with van der Waals surface area (Å²) in [6, 6.07) is 18.5. The van der Waals surface area contributed by atoms with Crippen molar-refractivity contribution in [3.05, 3.63) is 72.3 Å². The molecule has 0 spiro atoms. The van der Waals surface area contributed by atoms with Crippen molar-refractivity contribution in [2.45, 2.75) is 12.8 Å². The highest BCUT2D eigenvalue weighted by Crippen LogP contribution is 2.30. The molecule has 0 aromatic heterocycles. The minimum Gasteiger partial charge on any atom is -0.497 e. The smallest absolute Gasteiger partial charge is 0.118 e. The fourth-order valence-electron chi connectivity index (χ4n) is 2.00. The lowest BCUT2D eigenvalue weighted by Gasteiger charge is -2.16. The van der Waals surface area contributed by atoms with E-state index >= 15 is 0 Å². The number of ether oxygens (including phenoxy) is 1. The Morgan fingerprint density at radius 1 is 1.00 bits per heavy atom. The average molecular weight is 238 g/mol. The van der Waals surface area contributed by atoms with Crippen LogP contribution in [-0.2, 0) is 0 Å². The summed E-state index contributed by atoms with van der Waals surface area (Å²) in [5.41, 5.74) is 3.59. The lowest BCUT2D eigenvalue weighted by molar-refractivity contribution is 0.414. The molecule has 0 amide bonds. The molecular formula is C17H18O. The second-order valence-electron chi connectivity index (χ2n) is 4.39. The van der Waals surface area contributed by atoms with E-state index < -0.39 is 0 Å². The van der Waals surface area contributed by atoms with Gasteiger partial charge < -0.3 is 4.74 Å². The fourth-order valence-corrected chi connectivity index (χ4v) is 2.00. The molecule has 0 aliphatic heterocycles. The Balaban J connectivity index is 2.20. The summed E-state index contributed by atoms with van der Waals surface area (Å²) < 4.78 is 5.17. The van der Waals surface area contributed by atoms with Crippen LogP contribution in [0.25, 0.3) is 5.57 Å². The summed E-state index contributed by atoms with van der Waals surface area (Å²) >= 11 is 0. The molecule has 2 rings (SSSR count). The highest BCUT2D eigenvalue weighted by molar-refractivity contribution is 5.69. The van der Waals surface area contributed by atoms with Gasteiger partial charge in [0.1, 0.15) is 5.75 Å². The van der Waals surface area contributed by atoms with E-state index in [2.05, 4.69) is 37.8 Å². The zero-order chi connectivity index (χ0) is 13.0. The van der Waals surface area contributed by atoms with Crippen molar-refractivity contribution < 1.29 is 4.74 Å². The number of rotatable bonds is 4. The van der Waals surface area contributed by atoms with Crippen molar-refractivity contribution in [3.8, 4) is 5.75 Å². The van der Waals surface area contributed by atoms with Gasteiger partial charge in [-0.3, -0.25) is 0 Å². The molecule has 0 heterocycles.